The lowest BCUT2D eigenvalue weighted by Gasteiger charge is -2.04. The number of amides is 1. The summed E-state index contributed by atoms with van der Waals surface area (Å²) < 4.78 is 1.98. The largest absolute Gasteiger partial charge is 0.343 e. The van der Waals surface area contributed by atoms with Crippen molar-refractivity contribution in [3.8, 4) is 11.3 Å². The molecule has 124 valence electrons. The number of carbonyl (C=O) groups excluding carboxylic acids is 1. The number of aromatic nitrogens is 5. The van der Waals surface area contributed by atoms with Gasteiger partial charge in [0.15, 0.2) is 0 Å². The van der Waals surface area contributed by atoms with Gasteiger partial charge in [-0.3, -0.25) is 14.9 Å². The lowest BCUT2D eigenvalue weighted by atomic mass is 10.2. The predicted octanol–water partition coefficient (Wildman–Crippen LogP) is 2.29. The van der Waals surface area contributed by atoms with E-state index in [0.717, 1.165) is 22.4 Å². The molecule has 0 spiro atoms. The first kappa shape index (κ1) is 15.1. The maximum atomic E-state index is 12.4. The molecule has 0 saturated carbocycles. The number of hydrogen-bond donors (Lipinski definition) is 2. The molecule has 3 heterocycles. The number of aryl methyl sites for hydroxylation is 1. The highest BCUT2D eigenvalue weighted by Crippen LogP contribution is 2.16. The third kappa shape index (κ3) is 2.87. The van der Waals surface area contributed by atoms with E-state index >= 15 is 0 Å². The van der Waals surface area contributed by atoms with Crippen LogP contribution in [0, 0.1) is 0 Å². The Morgan fingerprint density at radius 1 is 1.24 bits per heavy atom. The SMILES string of the molecule is Cn1c(CNC(=O)c2cc(-c3cccnc3)n[nH]2)nc2ccccc21. The summed E-state index contributed by atoms with van der Waals surface area (Å²) in [5, 5.41) is 9.81. The minimum absolute atomic E-state index is 0.227. The molecule has 0 aliphatic carbocycles. The van der Waals surface area contributed by atoms with Crippen LogP contribution in [0.15, 0.2) is 54.9 Å². The number of hydrogen-bond acceptors (Lipinski definition) is 4. The van der Waals surface area contributed by atoms with Gasteiger partial charge in [0.2, 0.25) is 0 Å². The van der Waals surface area contributed by atoms with Gasteiger partial charge in [-0.05, 0) is 30.3 Å². The van der Waals surface area contributed by atoms with Crippen LogP contribution in [0.2, 0.25) is 0 Å². The van der Waals surface area contributed by atoms with E-state index in [1.54, 1.807) is 18.5 Å². The molecule has 0 fully saturated rings. The molecule has 0 atom stereocenters. The second-order valence-electron chi connectivity index (χ2n) is 5.67. The molecule has 0 aliphatic rings. The Balaban J connectivity index is 1.49. The van der Waals surface area contributed by atoms with Crippen molar-refractivity contribution in [2.75, 3.05) is 0 Å². The summed E-state index contributed by atoms with van der Waals surface area (Å²) in [4.78, 5) is 21.0. The van der Waals surface area contributed by atoms with Crippen LogP contribution in [0.4, 0.5) is 0 Å². The molecular formula is C18H16N6O. The first-order valence-corrected chi connectivity index (χ1v) is 7.87. The van der Waals surface area contributed by atoms with Gasteiger partial charge in [0.25, 0.3) is 5.91 Å². The second-order valence-corrected chi connectivity index (χ2v) is 5.67. The van der Waals surface area contributed by atoms with Crippen molar-refractivity contribution in [3.05, 3.63) is 66.4 Å². The molecule has 0 saturated heterocycles. The van der Waals surface area contributed by atoms with Crippen molar-refractivity contribution in [2.45, 2.75) is 6.54 Å². The summed E-state index contributed by atoms with van der Waals surface area (Å²) in [7, 11) is 1.94. The molecule has 0 aliphatic heterocycles. The number of H-pyrrole nitrogens is 1. The summed E-state index contributed by atoms with van der Waals surface area (Å²) in [6, 6.07) is 13.3. The number of fused-ring (bicyclic) bond motifs is 1. The number of nitrogens with zero attached hydrogens (tertiary/aromatic N) is 4. The third-order valence-electron chi connectivity index (χ3n) is 4.07. The Kier molecular flexibility index (Phi) is 3.74. The number of rotatable bonds is 4. The van der Waals surface area contributed by atoms with E-state index in [0.29, 0.717) is 17.9 Å². The van der Waals surface area contributed by atoms with Gasteiger partial charge in [-0.15, -0.1) is 0 Å². The van der Waals surface area contributed by atoms with E-state index in [4.69, 9.17) is 0 Å². The summed E-state index contributed by atoms with van der Waals surface area (Å²) >= 11 is 0. The van der Waals surface area contributed by atoms with E-state index < -0.39 is 0 Å². The molecule has 7 nitrogen and oxygen atoms in total. The van der Waals surface area contributed by atoms with Gasteiger partial charge in [0, 0.05) is 25.0 Å². The van der Waals surface area contributed by atoms with Gasteiger partial charge in [-0.1, -0.05) is 12.1 Å². The molecule has 0 unspecified atom stereocenters. The van der Waals surface area contributed by atoms with Crippen LogP contribution in [0.3, 0.4) is 0 Å². The monoisotopic (exact) mass is 332 g/mol. The zero-order valence-electron chi connectivity index (χ0n) is 13.6. The van der Waals surface area contributed by atoms with E-state index in [1.807, 2.05) is 48.0 Å². The van der Waals surface area contributed by atoms with Gasteiger partial charge in [0.1, 0.15) is 11.5 Å². The Hall–Kier alpha value is -3.48. The fraction of sp³-hybridized carbons (Fsp3) is 0.111. The van der Waals surface area contributed by atoms with Crippen LogP contribution in [-0.2, 0) is 13.6 Å². The number of carbonyl (C=O) groups is 1. The van der Waals surface area contributed by atoms with Crippen LogP contribution < -0.4 is 5.32 Å². The van der Waals surface area contributed by atoms with Crippen LogP contribution in [0.25, 0.3) is 22.3 Å². The number of benzene rings is 1. The van der Waals surface area contributed by atoms with Gasteiger partial charge < -0.3 is 9.88 Å². The van der Waals surface area contributed by atoms with Crippen molar-refractivity contribution in [1.29, 1.82) is 0 Å². The zero-order valence-corrected chi connectivity index (χ0v) is 13.6. The molecular weight excluding hydrogens is 316 g/mol. The molecule has 0 radical (unpaired) electrons. The highest BCUT2D eigenvalue weighted by Gasteiger charge is 2.13. The summed E-state index contributed by atoms with van der Waals surface area (Å²) in [5.74, 6) is 0.566. The van der Waals surface area contributed by atoms with E-state index in [1.165, 1.54) is 0 Å². The fourth-order valence-electron chi connectivity index (χ4n) is 2.71. The topological polar surface area (TPSA) is 88.5 Å². The first-order valence-electron chi connectivity index (χ1n) is 7.87. The highest BCUT2D eigenvalue weighted by molar-refractivity contribution is 5.93. The zero-order chi connectivity index (χ0) is 17.2. The van der Waals surface area contributed by atoms with Gasteiger partial charge in [-0.25, -0.2) is 4.98 Å². The predicted molar refractivity (Wildman–Crippen MR) is 93.7 cm³/mol. The number of imidazole rings is 1. The molecule has 1 amide bonds. The number of para-hydroxylation sites is 2. The lowest BCUT2D eigenvalue weighted by Crippen LogP contribution is -2.24. The van der Waals surface area contributed by atoms with Crippen molar-refractivity contribution in [1.82, 2.24) is 30.0 Å². The fourth-order valence-corrected chi connectivity index (χ4v) is 2.71. The lowest BCUT2D eigenvalue weighted by molar-refractivity contribution is 0.0944. The summed E-state index contributed by atoms with van der Waals surface area (Å²) in [6.45, 7) is 0.339. The van der Waals surface area contributed by atoms with Crippen LogP contribution in [-0.4, -0.2) is 30.6 Å². The molecule has 4 aromatic rings. The van der Waals surface area contributed by atoms with Gasteiger partial charge in [-0.2, -0.15) is 5.10 Å². The Labute approximate surface area is 143 Å². The van der Waals surface area contributed by atoms with E-state index in [-0.39, 0.29) is 5.91 Å². The van der Waals surface area contributed by atoms with E-state index in [2.05, 4.69) is 25.5 Å². The second kappa shape index (κ2) is 6.20. The smallest absolute Gasteiger partial charge is 0.269 e. The number of aromatic amines is 1. The van der Waals surface area contributed by atoms with Crippen molar-refractivity contribution >= 4 is 16.9 Å². The quantitative estimate of drug-likeness (QED) is 0.600. The van der Waals surface area contributed by atoms with E-state index in [9.17, 15) is 4.79 Å². The first-order chi connectivity index (χ1) is 12.2. The van der Waals surface area contributed by atoms with Crippen LogP contribution in [0.5, 0.6) is 0 Å². The molecule has 0 bridgehead atoms. The Bertz CT molecular complexity index is 1030. The normalized spacial score (nSPS) is 10.9. The van der Waals surface area contributed by atoms with Crippen molar-refractivity contribution in [2.24, 2.45) is 7.05 Å². The average molecular weight is 332 g/mol. The van der Waals surface area contributed by atoms with Crippen molar-refractivity contribution in [3.63, 3.8) is 0 Å². The van der Waals surface area contributed by atoms with Crippen molar-refractivity contribution < 1.29 is 4.79 Å². The molecule has 1 aromatic carbocycles. The summed E-state index contributed by atoms with van der Waals surface area (Å²) in [5.41, 5.74) is 3.88. The molecule has 3 aromatic heterocycles. The number of pyridine rings is 1. The average Bonchev–Trinajstić information content (AvgIpc) is 3.26. The molecule has 4 rings (SSSR count). The minimum Gasteiger partial charge on any atom is -0.343 e. The molecule has 2 N–H and O–H groups in total. The van der Waals surface area contributed by atoms with Gasteiger partial charge >= 0.3 is 0 Å². The van der Waals surface area contributed by atoms with Crippen LogP contribution >= 0.6 is 0 Å². The highest BCUT2D eigenvalue weighted by atomic mass is 16.1. The minimum atomic E-state index is -0.227. The molecule has 7 heteroatoms. The van der Waals surface area contributed by atoms with Crippen LogP contribution in [0.1, 0.15) is 16.3 Å². The third-order valence-corrected chi connectivity index (χ3v) is 4.07. The Morgan fingerprint density at radius 2 is 2.12 bits per heavy atom. The Morgan fingerprint density at radius 3 is 2.92 bits per heavy atom. The maximum absolute atomic E-state index is 12.4. The van der Waals surface area contributed by atoms with Gasteiger partial charge in [0.05, 0.1) is 23.3 Å². The number of nitrogens with one attached hydrogen (secondary N) is 2. The maximum Gasteiger partial charge on any atom is 0.269 e. The molecule has 25 heavy (non-hydrogen) atoms. The summed E-state index contributed by atoms with van der Waals surface area (Å²) in [6.07, 6.45) is 3.40. The standard InChI is InChI=1S/C18H16N6O/c1-24-16-7-3-2-6-13(16)21-17(24)11-20-18(25)15-9-14(22-23-15)12-5-4-8-19-10-12/h2-10H,11H2,1H3,(H,20,25)(H,22,23).